The van der Waals surface area contributed by atoms with Crippen LogP contribution in [0.5, 0.6) is 0 Å². The van der Waals surface area contributed by atoms with Gasteiger partial charge in [0.2, 0.25) is 0 Å². The Labute approximate surface area is 68.9 Å². The molecule has 11 heavy (non-hydrogen) atoms. The van der Waals surface area contributed by atoms with Gasteiger partial charge in [0.05, 0.1) is 5.75 Å². The third-order valence-electron chi connectivity index (χ3n) is 1.60. The van der Waals surface area contributed by atoms with Gasteiger partial charge < -0.3 is 5.73 Å². The van der Waals surface area contributed by atoms with Crippen LogP contribution < -0.4 is 5.73 Å². The zero-order chi connectivity index (χ0) is 9.12. The molecule has 0 atom stereocenters. The molecule has 0 aromatic rings. The molecule has 0 amide bonds. The first kappa shape index (κ1) is 10.9. The summed E-state index contributed by atoms with van der Waals surface area (Å²) in [7, 11) is -2.87. The van der Waals surface area contributed by atoms with Crippen LogP contribution in [0.3, 0.4) is 0 Å². The minimum absolute atomic E-state index is 0.188. The van der Waals surface area contributed by atoms with E-state index in [1.807, 2.05) is 13.8 Å². The predicted molar refractivity (Wildman–Crippen MR) is 47.2 cm³/mol. The highest BCUT2D eigenvalue weighted by atomic mass is 32.2. The molecule has 0 radical (unpaired) electrons. The van der Waals surface area contributed by atoms with Gasteiger partial charge in [-0.05, 0) is 12.0 Å². The van der Waals surface area contributed by atoms with Gasteiger partial charge in [-0.25, -0.2) is 8.42 Å². The van der Waals surface area contributed by atoms with Crippen LogP contribution in [0, 0.1) is 5.41 Å². The minimum Gasteiger partial charge on any atom is -0.330 e. The fourth-order valence-electron chi connectivity index (χ4n) is 0.756. The number of nitrogens with two attached hydrogens (primary N) is 1. The maximum absolute atomic E-state index is 11.1. The van der Waals surface area contributed by atoms with Crippen molar-refractivity contribution in [3.8, 4) is 0 Å². The second-order valence-electron chi connectivity index (χ2n) is 3.54. The summed E-state index contributed by atoms with van der Waals surface area (Å²) in [6.07, 6.45) is 0. The van der Waals surface area contributed by atoms with E-state index < -0.39 is 9.84 Å². The maximum atomic E-state index is 11.1. The van der Waals surface area contributed by atoms with Gasteiger partial charge in [-0.2, -0.15) is 0 Å². The molecule has 2 N–H and O–H groups in total. The van der Waals surface area contributed by atoms with Crippen molar-refractivity contribution in [3.63, 3.8) is 0 Å². The van der Waals surface area contributed by atoms with Crippen LogP contribution in [0.4, 0.5) is 0 Å². The summed E-state index contributed by atoms with van der Waals surface area (Å²) in [6, 6.07) is 0. The largest absolute Gasteiger partial charge is 0.330 e. The fourth-order valence-corrected chi connectivity index (χ4v) is 2.27. The highest BCUT2D eigenvalue weighted by Crippen LogP contribution is 2.15. The molecule has 0 unspecified atom stereocenters. The molecule has 0 rings (SSSR count). The molecule has 0 aromatic carbocycles. The van der Waals surface area contributed by atoms with Crippen molar-refractivity contribution in [1.29, 1.82) is 0 Å². The molecule has 0 fully saturated rings. The van der Waals surface area contributed by atoms with E-state index in [9.17, 15) is 8.42 Å². The second-order valence-corrected chi connectivity index (χ2v) is 5.90. The lowest BCUT2D eigenvalue weighted by Crippen LogP contribution is -2.32. The van der Waals surface area contributed by atoms with E-state index in [2.05, 4.69) is 0 Å². The van der Waals surface area contributed by atoms with E-state index >= 15 is 0 Å². The molecule has 0 spiro atoms. The molecule has 0 aliphatic heterocycles. The van der Waals surface area contributed by atoms with E-state index in [0.29, 0.717) is 6.54 Å². The molecule has 4 heteroatoms. The number of hydrogen-bond acceptors (Lipinski definition) is 3. The Bertz CT molecular complexity index is 206. The molecule has 0 aliphatic carbocycles. The van der Waals surface area contributed by atoms with Crippen LogP contribution in [-0.2, 0) is 9.84 Å². The van der Waals surface area contributed by atoms with Gasteiger partial charge in [0.25, 0.3) is 0 Å². The average Bonchev–Trinajstić information content (AvgIpc) is 1.86. The Kier molecular flexibility index (Phi) is 3.51. The van der Waals surface area contributed by atoms with E-state index in [-0.39, 0.29) is 16.9 Å². The van der Waals surface area contributed by atoms with Crippen LogP contribution in [0.25, 0.3) is 0 Å². The van der Waals surface area contributed by atoms with E-state index in [4.69, 9.17) is 5.73 Å². The molecule has 3 nitrogen and oxygen atoms in total. The van der Waals surface area contributed by atoms with Crippen LogP contribution >= 0.6 is 0 Å². The quantitative estimate of drug-likeness (QED) is 0.680. The van der Waals surface area contributed by atoms with Gasteiger partial charge in [-0.15, -0.1) is 0 Å². The molecular formula is C7H17NO2S. The summed E-state index contributed by atoms with van der Waals surface area (Å²) in [5, 5.41) is 0. The molecule has 0 aliphatic rings. The van der Waals surface area contributed by atoms with Crippen molar-refractivity contribution in [1.82, 2.24) is 0 Å². The van der Waals surface area contributed by atoms with Crippen molar-refractivity contribution in [2.45, 2.75) is 20.8 Å². The number of hydrogen-bond donors (Lipinski definition) is 1. The molecule has 0 heterocycles. The summed E-state index contributed by atoms with van der Waals surface area (Å²) in [4.78, 5) is 0. The molecular weight excluding hydrogens is 162 g/mol. The Morgan fingerprint density at radius 1 is 1.36 bits per heavy atom. The molecule has 0 saturated carbocycles. The predicted octanol–water partition coefficient (Wildman–Crippen LogP) is 0.406. The van der Waals surface area contributed by atoms with E-state index in [1.165, 1.54) is 0 Å². The summed E-state index contributed by atoms with van der Waals surface area (Å²) in [5.74, 6) is 0.392. The van der Waals surface area contributed by atoms with Gasteiger partial charge in [0.1, 0.15) is 0 Å². The van der Waals surface area contributed by atoms with Gasteiger partial charge in [-0.1, -0.05) is 20.8 Å². The van der Waals surface area contributed by atoms with Crippen molar-refractivity contribution in [2.24, 2.45) is 11.1 Å². The third-order valence-corrected chi connectivity index (χ3v) is 3.70. The maximum Gasteiger partial charge on any atom is 0.150 e. The van der Waals surface area contributed by atoms with E-state index in [0.717, 1.165) is 0 Å². The van der Waals surface area contributed by atoms with Gasteiger partial charge in [0.15, 0.2) is 9.84 Å². The lowest BCUT2D eigenvalue weighted by Gasteiger charge is -2.21. The molecule has 0 saturated heterocycles. The first-order valence-electron chi connectivity index (χ1n) is 3.73. The summed E-state index contributed by atoms with van der Waals surface area (Å²) in [5.41, 5.74) is 5.12. The van der Waals surface area contributed by atoms with Crippen LogP contribution in [0.2, 0.25) is 0 Å². The van der Waals surface area contributed by atoms with Gasteiger partial charge >= 0.3 is 0 Å². The average molecular weight is 179 g/mol. The first-order chi connectivity index (χ1) is 4.83. The van der Waals surface area contributed by atoms with Crippen molar-refractivity contribution in [2.75, 3.05) is 18.1 Å². The van der Waals surface area contributed by atoms with Gasteiger partial charge in [-0.3, -0.25) is 0 Å². The molecule has 68 valence electrons. The highest BCUT2D eigenvalue weighted by Gasteiger charge is 2.23. The topological polar surface area (TPSA) is 60.2 Å². The monoisotopic (exact) mass is 179 g/mol. The highest BCUT2D eigenvalue weighted by molar-refractivity contribution is 7.91. The van der Waals surface area contributed by atoms with Crippen molar-refractivity contribution >= 4 is 9.84 Å². The standard InChI is InChI=1S/C7H17NO2S/c1-4-11(9,10)6-7(2,3)5-8/h4-6,8H2,1-3H3. The van der Waals surface area contributed by atoms with Crippen LogP contribution in [0.1, 0.15) is 20.8 Å². The second kappa shape index (κ2) is 3.54. The fraction of sp³-hybridized carbons (Fsp3) is 1.00. The zero-order valence-electron chi connectivity index (χ0n) is 7.42. The Morgan fingerprint density at radius 2 is 1.82 bits per heavy atom. The summed E-state index contributed by atoms with van der Waals surface area (Å²) >= 11 is 0. The molecule has 0 aromatic heterocycles. The van der Waals surface area contributed by atoms with E-state index in [1.54, 1.807) is 6.92 Å². The third kappa shape index (κ3) is 4.37. The Balaban J connectivity index is 4.26. The lowest BCUT2D eigenvalue weighted by molar-refractivity contribution is 0.425. The Hall–Kier alpha value is -0.0900. The molecule has 0 bridgehead atoms. The van der Waals surface area contributed by atoms with Crippen molar-refractivity contribution in [3.05, 3.63) is 0 Å². The summed E-state index contributed by atoms with van der Waals surface area (Å²) in [6.45, 7) is 5.79. The van der Waals surface area contributed by atoms with Crippen LogP contribution in [0.15, 0.2) is 0 Å². The number of rotatable bonds is 4. The number of sulfone groups is 1. The lowest BCUT2D eigenvalue weighted by atomic mass is 9.97. The smallest absolute Gasteiger partial charge is 0.150 e. The first-order valence-corrected chi connectivity index (χ1v) is 5.55. The minimum atomic E-state index is -2.87. The van der Waals surface area contributed by atoms with Crippen LogP contribution in [-0.4, -0.2) is 26.5 Å². The normalized spacial score (nSPS) is 13.5. The zero-order valence-corrected chi connectivity index (χ0v) is 8.24. The Morgan fingerprint density at radius 3 is 2.09 bits per heavy atom. The summed E-state index contributed by atoms with van der Waals surface area (Å²) < 4.78 is 22.2. The van der Waals surface area contributed by atoms with Gasteiger partial charge in [0, 0.05) is 5.75 Å². The SMILES string of the molecule is CCS(=O)(=O)CC(C)(C)CN. The van der Waals surface area contributed by atoms with Crippen molar-refractivity contribution < 1.29 is 8.42 Å².